The average Bonchev–Trinajstić information content (AvgIpc) is 2.85. The number of benzene rings is 1. The largest absolute Gasteiger partial charge is 0.481 e. The zero-order valence-electron chi connectivity index (χ0n) is 8.90. The van der Waals surface area contributed by atoms with Gasteiger partial charge >= 0.3 is 0 Å². The normalized spacial score (nSPS) is 12.4. The number of ether oxygens (including phenoxy) is 1. The van der Waals surface area contributed by atoms with E-state index in [1.165, 1.54) is 12.1 Å². The van der Waals surface area contributed by atoms with E-state index in [9.17, 15) is 4.39 Å². The Hall–Kier alpha value is -1.10. The fraction of sp³-hybridized carbons (Fsp3) is 0.167. The molecule has 1 aromatic carbocycles. The summed E-state index contributed by atoms with van der Waals surface area (Å²) in [5.74, 6) is -0.429. The van der Waals surface area contributed by atoms with Crippen LogP contribution in [0.1, 0.15) is 11.7 Å². The second-order valence-corrected chi connectivity index (χ2v) is 4.64. The van der Waals surface area contributed by atoms with E-state index in [0.717, 1.165) is 5.56 Å². The van der Waals surface area contributed by atoms with Gasteiger partial charge in [-0.2, -0.15) is 11.3 Å². The van der Waals surface area contributed by atoms with Gasteiger partial charge in [-0.15, -0.1) is 0 Å². The highest BCUT2D eigenvalue weighted by Gasteiger charge is 2.15. The zero-order valence-corrected chi connectivity index (χ0v) is 10.5. The molecule has 0 saturated heterocycles. The molecular weight excluding hydrogens is 261 g/mol. The van der Waals surface area contributed by atoms with Gasteiger partial charge in [-0.05, 0) is 29.0 Å². The van der Waals surface area contributed by atoms with Crippen molar-refractivity contribution in [2.75, 3.05) is 6.54 Å². The molecule has 17 heavy (non-hydrogen) atoms. The number of thiophene rings is 1. The molecular formula is C12H11ClFNOS. The maximum absolute atomic E-state index is 13.6. The third kappa shape index (κ3) is 2.77. The molecule has 2 N–H and O–H groups in total. The van der Waals surface area contributed by atoms with Crippen LogP contribution in [0.2, 0.25) is 5.02 Å². The van der Waals surface area contributed by atoms with Gasteiger partial charge in [-0.1, -0.05) is 17.7 Å². The van der Waals surface area contributed by atoms with E-state index in [2.05, 4.69) is 0 Å². The topological polar surface area (TPSA) is 35.2 Å². The Morgan fingerprint density at radius 2 is 2.24 bits per heavy atom. The van der Waals surface area contributed by atoms with Crippen LogP contribution in [0.4, 0.5) is 4.39 Å². The molecule has 1 aromatic heterocycles. The summed E-state index contributed by atoms with van der Waals surface area (Å²) in [6, 6.07) is 6.56. The quantitative estimate of drug-likeness (QED) is 0.922. The van der Waals surface area contributed by atoms with E-state index in [1.807, 2.05) is 16.8 Å². The number of rotatable bonds is 4. The van der Waals surface area contributed by atoms with Gasteiger partial charge in [-0.25, -0.2) is 4.39 Å². The van der Waals surface area contributed by atoms with Crippen LogP contribution < -0.4 is 10.5 Å². The maximum atomic E-state index is 13.6. The van der Waals surface area contributed by atoms with Gasteiger partial charge in [0.1, 0.15) is 6.10 Å². The Kier molecular flexibility index (Phi) is 3.99. The Labute approximate surface area is 108 Å². The Morgan fingerprint density at radius 3 is 2.88 bits per heavy atom. The summed E-state index contributed by atoms with van der Waals surface area (Å²) in [4.78, 5) is 0. The van der Waals surface area contributed by atoms with Crippen LogP contribution >= 0.6 is 22.9 Å². The summed E-state index contributed by atoms with van der Waals surface area (Å²) in [5.41, 5.74) is 6.57. The molecule has 0 aliphatic carbocycles. The van der Waals surface area contributed by atoms with Crippen molar-refractivity contribution in [3.63, 3.8) is 0 Å². The molecule has 0 amide bonds. The summed E-state index contributed by atoms with van der Waals surface area (Å²) in [6.45, 7) is 0.280. The molecule has 1 heterocycles. The summed E-state index contributed by atoms with van der Waals surface area (Å²) in [5, 5.41) is 3.90. The van der Waals surface area contributed by atoms with Gasteiger partial charge in [-0.3, -0.25) is 0 Å². The Balaban J connectivity index is 2.22. The van der Waals surface area contributed by atoms with Gasteiger partial charge in [0.2, 0.25) is 0 Å². The first-order valence-corrected chi connectivity index (χ1v) is 6.37. The highest BCUT2D eigenvalue weighted by molar-refractivity contribution is 7.07. The summed E-state index contributed by atoms with van der Waals surface area (Å²) < 4.78 is 19.2. The van der Waals surface area contributed by atoms with E-state index >= 15 is 0 Å². The van der Waals surface area contributed by atoms with Gasteiger partial charge in [0.15, 0.2) is 11.6 Å². The van der Waals surface area contributed by atoms with E-state index in [-0.39, 0.29) is 23.4 Å². The van der Waals surface area contributed by atoms with Crippen LogP contribution in [0.3, 0.4) is 0 Å². The summed E-state index contributed by atoms with van der Waals surface area (Å²) >= 11 is 7.23. The number of hydrogen-bond acceptors (Lipinski definition) is 3. The zero-order chi connectivity index (χ0) is 12.3. The lowest BCUT2D eigenvalue weighted by molar-refractivity contribution is 0.205. The van der Waals surface area contributed by atoms with Crippen LogP contribution in [-0.4, -0.2) is 6.54 Å². The lowest BCUT2D eigenvalue weighted by Gasteiger charge is -2.17. The molecule has 0 spiro atoms. The average molecular weight is 272 g/mol. The van der Waals surface area contributed by atoms with Crippen LogP contribution in [-0.2, 0) is 0 Å². The molecule has 0 radical (unpaired) electrons. The third-order valence-electron chi connectivity index (χ3n) is 2.31. The Bertz CT molecular complexity index is 489. The van der Waals surface area contributed by atoms with Crippen LogP contribution in [0.15, 0.2) is 35.0 Å². The molecule has 2 rings (SSSR count). The van der Waals surface area contributed by atoms with Crippen molar-refractivity contribution in [2.24, 2.45) is 5.73 Å². The SMILES string of the molecule is NCC(Oc1cccc(Cl)c1F)c1ccsc1. The summed E-state index contributed by atoms with van der Waals surface area (Å²) in [6.07, 6.45) is -0.353. The van der Waals surface area contributed by atoms with Crippen molar-refractivity contribution in [2.45, 2.75) is 6.10 Å². The van der Waals surface area contributed by atoms with E-state index in [4.69, 9.17) is 22.1 Å². The highest BCUT2D eigenvalue weighted by atomic mass is 35.5. The van der Waals surface area contributed by atoms with E-state index in [1.54, 1.807) is 17.4 Å². The minimum absolute atomic E-state index is 0.0450. The van der Waals surface area contributed by atoms with Crippen molar-refractivity contribution in [1.29, 1.82) is 0 Å². The second kappa shape index (κ2) is 5.49. The van der Waals surface area contributed by atoms with Crippen molar-refractivity contribution < 1.29 is 9.13 Å². The monoisotopic (exact) mass is 271 g/mol. The molecule has 0 fully saturated rings. The van der Waals surface area contributed by atoms with Crippen LogP contribution in [0, 0.1) is 5.82 Å². The molecule has 1 unspecified atom stereocenters. The molecule has 90 valence electrons. The van der Waals surface area contributed by atoms with Crippen LogP contribution in [0.5, 0.6) is 5.75 Å². The van der Waals surface area contributed by atoms with Crippen molar-refractivity contribution in [3.8, 4) is 5.75 Å². The lowest BCUT2D eigenvalue weighted by atomic mass is 10.2. The van der Waals surface area contributed by atoms with Gasteiger partial charge in [0.25, 0.3) is 0 Å². The number of nitrogens with two attached hydrogens (primary N) is 1. The first kappa shape index (κ1) is 12.4. The van der Waals surface area contributed by atoms with Crippen molar-refractivity contribution in [3.05, 3.63) is 51.4 Å². The lowest BCUT2D eigenvalue weighted by Crippen LogP contribution is -2.18. The van der Waals surface area contributed by atoms with Crippen molar-refractivity contribution >= 4 is 22.9 Å². The first-order valence-electron chi connectivity index (χ1n) is 5.05. The molecule has 2 aromatic rings. The molecule has 0 aliphatic heterocycles. The van der Waals surface area contributed by atoms with Crippen molar-refractivity contribution in [1.82, 2.24) is 0 Å². The molecule has 0 aliphatic rings. The predicted molar refractivity (Wildman–Crippen MR) is 68.2 cm³/mol. The standard InChI is InChI=1S/C12H11ClFNOS/c13-9-2-1-3-10(12(9)14)16-11(6-15)8-4-5-17-7-8/h1-5,7,11H,6,15H2. The molecule has 5 heteroatoms. The van der Waals surface area contributed by atoms with Gasteiger partial charge in [0, 0.05) is 12.1 Å². The predicted octanol–water partition coefficient (Wildman–Crippen LogP) is 3.62. The first-order chi connectivity index (χ1) is 8.22. The molecule has 0 saturated carbocycles. The smallest absolute Gasteiger partial charge is 0.183 e. The second-order valence-electron chi connectivity index (χ2n) is 3.45. The maximum Gasteiger partial charge on any atom is 0.183 e. The fourth-order valence-corrected chi connectivity index (χ4v) is 2.31. The van der Waals surface area contributed by atoms with Gasteiger partial charge < -0.3 is 10.5 Å². The third-order valence-corrected chi connectivity index (χ3v) is 3.31. The fourth-order valence-electron chi connectivity index (χ4n) is 1.44. The van der Waals surface area contributed by atoms with Gasteiger partial charge in [0.05, 0.1) is 5.02 Å². The van der Waals surface area contributed by atoms with E-state index < -0.39 is 5.82 Å². The molecule has 2 nitrogen and oxygen atoms in total. The minimum Gasteiger partial charge on any atom is -0.481 e. The number of halogens is 2. The van der Waals surface area contributed by atoms with Crippen LogP contribution in [0.25, 0.3) is 0 Å². The minimum atomic E-state index is -0.553. The summed E-state index contributed by atoms with van der Waals surface area (Å²) in [7, 11) is 0. The Morgan fingerprint density at radius 1 is 1.41 bits per heavy atom. The molecule has 1 atom stereocenters. The highest BCUT2D eigenvalue weighted by Crippen LogP contribution is 2.28. The molecule has 0 bridgehead atoms. The number of hydrogen-bond donors (Lipinski definition) is 1. The van der Waals surface area contributed by atoms with E-state index in [0.29, 0.717) is 0 Å².